The smallest absolute Gasteiger partial charge is 0.258 e. The number of nitrogens with zero attached hydrogens (tertiary/aromatic N) is 1. The standard InChI is InChI=1S/C17H13N3O.2C2H6/c1-10-12-4-2-3-5-13(12)20-17(21)16(10)14-8-11-6-7-18-9-15(11)19-14;2*1-2/h2-9,19H,1H3,(H,20,21);2*1-2H3. The van der Waals surface area contributed by atoms with Crippen LogP contribution < -0.4 is 5.56 Å². The molecule has 0 saturated heterocycles. The number of benzene rings is 1. The molecule has 0 atom stereocenters. The van der Waals surface area contributed by atoms with Crippen molar-refractivity contribution in [2.75, 3.05) is 0 Å². The van der Waals surface area contributed by atoms with Crippen LogP contribution >= 0.6 is 0 Å². The van der Waals surface area contributed by atoms with Crippen molar-refractivity contribution >= 4 is 21.8 Å². The second kappa shape index (κ2) is 8.29. The Bertz CT molecular complexity index is 995. The lowest BCUT2D eigenvalue weighted by Gasteiger charge is -2.07. The van der Waals surface area contributed by atoms with Gasteiger partial charge in [-0.15, -0.1) is 0 Å². The monoisotopic (exact) mass is 335 g/mol. The van der Waals surface area contributed by atoms with Crippen LogP contribution in [-0.4, -0.2) is 15.0 Å². The van der Waals surface area contributed by atoms with E-state index in [1.165, 1.54) is 0 Å². The highest BCUT2D eigenvalue weighted by Gasteiger charge is 2.13. The van der Waals surface area contributed by atoms with Crippen LogP contribution in [0.3, 0.4) is 0 Å². The molecule has 130 valence electrons. The lowest BCUT2D eigenvalue weighted by Crippen LogP contribution is -2.11. The van der Waals surface area contributed by atoms with Gasteiger partial charge < -0.3 is 9.97 Å². The van der Waals surface area contributed by atoms with Gasteiger partial charge in [0, 0.05) is 22.5 Å². The van der Waals surface area contributed by atoms with Gasteiger partial charge in [0.05, 0.1) is 23.0 Å². The van der Waals surface area contributed by atoms with E-state index in [-0.39, 0.29) is 5.56 Å². The largest absolute Gasteiger partial charge is 0.353 e. The quantitative estimate of drug-likeness (QED) is 0.487. The second-order valence-corrected chi connectivity index (χ2v) is 5.15. The highest BCUT2D eigenvalue weighted by Crippen LogP contribution is 2.27. The van der Waals surface area contributed by atoms with Gasteiger partial charge in [-0.25, -0.2) is 0 Å². The molecule has 0 aliphatic rings. The van der Waals surface area contributed by atoms with Gasteiger partial charge in [0.1, 0.15) is 0 Å². The van der Waals surface area contributed by atoms with E-state index in [1.54, 1.807) is 12.4 Å². The number of para-hydroxylation sites is 1. The Morgan fingerprint density at radius 3 is 2.36 bits per heavy atom. The molecule has 4 nitrogen and oxygen atoms in total. The minimum atomic E-state index is -0.0780. The van der Waals surface area contributed by atoms with Crippen molar-refractivity contribution in [2.24, 2.45) is 0 Å². The van der Waals surface area contributed by atoms with Crippen LogP contribution in [-0.2, 0) is 0 Å². The number of hydrogen-bond acceptors (Lipinski definition) is 2. The summed E-state index contributed by atoms with van der Waals surface area (Å²) >= 11 is 0. The molecule has 0 amide bonds. The van der Waals surface area contributed by atoms with Gasteiger partial charge in [0.2, 0.25) is 0 Å². The summed E-state index contributed by atoms with van der Waals surface area (Å²) < 4.78 is 0. The molecule has 3 heterocycles. The molecule has 3 aromatic heterocycles. The third-order valence-electron chi connectivity index (χ3n) is 3.87. The molecule has 1 aromatic carbocycles. The molecule has 0 spiro atoms. The maximum Gasteiger partial charge on any atom is 0.258 e. The van der Waals surface area contributed by atoms with Crippen molar-refractivity contribution in [3.05, 3.63) is 64.7 Å². The highest BCUT2D eigenvalue weighted by atomic mass is 16.1. The summed E-state index contributed by atoms with van der Waals surface area (Å²) in [6, 6.07) is 11.8. The molecule has 0 fully saturated rings. The average molecular weight is 335 g/mol. The number of aromatic amines is 2. The lowest BCUT2D eigenvalue weighted by atomic mass is 10.0. The van der Waals surface area contributed by atoms with Crippen molar-refractivity contribution in [1.82, 2.24) is 15.0 Å². The van der Waals surface area contributed by atoms with Crippen LogP contribution in [0, 0.1) is 6.92 Å². The molecule has 2 N–H and O–H groups in total. The third kappa shape index (κ3) is 3.48. The topological polar surface area (TPSA) is 61.5 Å². The molecule has 0 unspecified atom stereocenters. The zero-order valence-electron chi connectivity index (χ0n) is 15.5. The third-order valence-corrected chi connectivity index (χ3v) is 3.87. The predicted molar refractivity (Wildman–Crippen MR) is 107 cm³/mol. The van der Waals surface area contributed by atoms with E-state index < -0.39 is 0 Å². The summed E-state index contributed by atoms with van der Waals surface area (Å²) in [6.07, 6.45) is 3.51. The van der Waals surface area contributed by atoms with Crippen LogP contribution in [0.1, 0.15) is 33.3 Å². The Morgan fingerprint density at radius 1 is 0.920 bits per heavy atom. The van der Waals surface area contributed by atoms with E-state index >= 15 is 0 Å². The molecule has 0 saturated carbocycles. The fraction of sp³-hybridized carbons (Fsp3) is 0.238. The van der Waals surface area contributed by atoms with Gasteiger partial charge in [0.15, 0.2) is 0 Å². The van der Waals surface area contributed by atoms with Gasteiger partial charge in [0.25, 0.3) is 5.56 Å². The summed E-state index contributed by atoms with van der Waals surface area (Å²) in [5.41, 5.74) is 4.20. The van der Waals surface area contributed by atoms with E-state index in [4.69, 9.17) is 0 Å². The molecule has 0 bridgehead atoms. The first-order valence-electron chi connectivity index (χ1n) is 8.79. The van der Waals surface area contributed by atoms with Gasteiger partial charge >= 0.3 is 0 Å². The van der Waals surface area contributed by atoms with Crippen molar-refractivity contribution < 1.29 is 0 Å². The maximum absolute atomic E-state index is 12.4. The molecule has 4 aromatic rings. The Hall–Kier alpha value is -2.88. The van der Waals surface area contributed by atoms with Crippen LogP contribution in [0.2, 0.25) is 0 Å². The van der Waals surface area contributed by atoms with E-state index in [0.29, 0.717) is 5.56 Å². The number of H-pyrrole nitrogens is 2. The lowest BCUT2D eigenvalue weighted by molar-refractivity contribution is 1.26. The molecule has 4 rings (SSSR count). The number of pyridine rings is 2. The van der Waals surface area contributed by atoms with Gasteiger partial charge in [-0.1, -0.05) is 45.9 Å². The summed E-state index contributed by atoms with van der Waals surface area (Å²) in [5, 5.41) is 2.11. The van der Waals surface area contributed by atoms with Gasteiger partial charge in [-0.3, -0.25) is 9.78 Å². The molecular formula is C21H25N3O. The van der Waals surface area contributed by atoms with Crippen molar-refractivity contribution in [2.45, 2.75) is 34.6 Å². The summed E-state index contributed by atoms with van der Waals surface area (Å²) in [5.74, 6) is 0. The second-order valence-electron chi connectivity index (χ2n) is 5.15. The molecule has 25 heavy (non-hydrogen) atoms. The number of rotatable bonds is 1. The number of aryl methyl sites for hydroxylation is 1. The number of nitrogens with one attached hydrogen (secondary N) is 2. The minimum Gasteiger partial charge on any atom is -0.353 e. The minimum absolute atomic E-state index is 0.0780. The zero-order chi connectivity index (χ0) is 18.4. The Balaban J connectivity index is 0.000000528. The summed E-state index contributed by atoms with van der Waals surface area (Å²) in [6.45, 7) is 9.98. The number of aromatic nitrogens is 3. The fourth-order valence-electron chi connectivity index (χ4n) is 2.84. The van der Waals surface area contributed by atoms with Gasteiger partial charge in [-0.05, 0) is 30.7 Å². The fourth-order valence-corrected chi connectivity index (χ4v) is 2.84. The molecular weight excluding hydrogens is 310 g/mol. The number of fused-ring (bicyclic) bond motifs is 2. The summed E-state index contributed by atoms with van der Waals surface area (Å²) in [7, 11) is 0. The normalized spacial score (nSPS) is 9.96. The Kier molecular flexibility index (Phi) is 6.12. The van der Waals surface area contributed by atoms with Gasteiger partial charge in [-0.2, -0.15) is 0 Å². The van der Waals surface area contributed by atoms with Crippen molar-refractivity contribution in [3.8, 4) is 11.3 Å². The van der Waals surface area contributed by atoms with Crippen LogP contribution in [0.25, 0.3) is 33.1 Å². The van der Waals surface area contributed by atoms with E-state index in [0.717, 1.165) is 33.1 Å². The van der Waals surface area contributed by atoms with Crippen molar-refractivity contribution in [3.63, 3.8) is 0 Å². The zero-order valence-corrected chi connectivity index (χ0v) is 15.5. The van der Waals surface area contributed by atoms with Crippen LogP contribution in [0.5, 0.6) is 0 Å². The first-order valence-corrected chi connectivity index (χ1v) is 8.79. The average Bonchev–Trinajstić information content (AvgIpc) is 3.08. The molecule has 4 heteroatoms. The first kappa shape index (κ1) is 18.5. The highest BCUT2D eigenvalue weighted by molar-refractivity contribution is 5.91. The summed E-state index contributed by atoms with van der Waals surface area (Å²) in [4.78, 5) is 22.8. The Labute approximate surface area is 147 Å². The number of hydrogen-bond donors (Lipinski definition) is 2. The maximum atomic E-state index is 12.4. The van der Waals surface area contributed by atoms with E-state index in [1.807, 2.05) is 71.0 Å². The van der Waals surface area contributed by atoms with Crippen LogP contribution in [0.4, 0.5) is 0 Å². The SMILES string of the molecule is CC.CC.Cc1c(-c2cc3ccncc3[nH]2)c(=O)[nH]c2ccccc12. The molecule has 0 radical (unpaired) electrons. The van der Waals surface area contributed by atoms with E-state index in [2.05, 4.69) is 15.0 Å². The first-order chi connectivity index (χ1) is 12.2. The van der Waals surface area contributed by atoms with Crippen molar-refractivity contribution in [1.29, 1.82) is 0 Å². The predicted octanol–water partition coefficient (Wildman–Crippen LogP) is 5.43. The Morgan fingerprint density at radius 2 is 1.64 bits per heavy atom. The van der Waals surface area contributed by atoms with Crippen LogP contribution in [0.15, 0.2) is 53.6 Å². The molecule has 0 aliphatic carbocycles. The molecule has 0 aliphatic heterocycles. The van der Waals surface area contributed by atoms with E-state index in [9.17, 15) is 4.79 Å².